The molecule has 0 aliphatic heterocycles. The lowest BCUT2D eigenvalue weighted by Crippen LogP contribution is -2.08. The molecule has 3 aromatic rings. The molecule has 0 fully saturated rings. The summed E-state index contributed by atoms with van der Waals surface area (Å²) >= 11 is 0. The van der Waals surface area contributed by atoms with Crippen molar-refractivity contribution in [3.8, 4) is 5.69 Å². The van der Waals surface area contributed by atoms with E-state index in [1.165, 1.54) is 0 Å². The minimum absolute atomic E-state index is 0.730. The standard InChI is InChI=1S/C16H19N5/c1-2-10-20-12-9-17-16(20)13-18-14-4-6-15(7-5-14)21-11-3-8-19-21/h3-9,11-12,18H,2,10,13H2,1H3. The molecule has 2 heterocycles. The van der Waals surface area contributed by atoms with Gasteiger partial charge in [0.05, 0.1) is 12.2 Å². The highest BCUT2D eigenvalue weighted by Crippen LogP contribution is 2.13. The maximum absolute atomic E-state index is 4.39. The second-order valence-corrected chi connectivity index (χ2v) is 4.89. The van der Waals surface area contributed by atoms with Crippen molar-refractivity contribution >= 4 is 5.69 Å². The quantitative estimate of drug-likeness (QED) is 0.755. The lowest BCUT2D eigenvalue weighted by molar-refractivity contribution is 0.644. The van der Waals surface area contributed by atoms with Crippen LogP contribution in [0.15, 0.2) is 55.1 Å². The first-order chi connectivity index (χ1) is 10.4. The molecule has 0 unspecified atom stereocenters. The van der Waals surface area contributed by atoms with Crippen LogP contribution >= 0.6 is 0 Å². The van der Waals surface area contributed by atoms with Crippen molar-refractivity contribution in [2.75, 3.05) is 5.32 Å². The Balaban J connectivity index is 1.64. The van der Waals surface area contributed by atoms with E-state index in [1.54, 1.807) is 6.20 Å². The summed E-state index contributed by atoms with van der Waals surface area (Å²) in [5.74, 6) is 1.06. The summed E-state index contributed by atoms with van der Waals surface area (Å²) in [5.41, 5.74) is 2.13. The van der Waals surface area contributed by atoms with Crippen LogP contribution in [-0.2, 0) is 13.1 Å². The lowest BCUT2D eigenvalue weighted by atomic mass is 10.3. The van der Waals surface area contributed by atoms with Crippen LogP contribution in [0.25, 0.3) is 5.69 Å². The van der Waals surface area contributed by atoms with Gasteiger partial charge in [-0.15, -0.1) is 0 Å². The van der Waals surface area contributed by atoms with Crippen molar-refractivity contribution in [1.29, 1.82) is 0 Å². The zero-order valence-electron chi connectivity index (χ0n) is 12.1. The number of nitrogens with zero attached hydrogens (tertiary/aromatic N) is 4. The predicted molar refractivity (Wildman–Crippen MR) is 83.4 cm³/mol. The smallest absolute Gasteiger partial charge is 0.128 e. The topological polar surface area (TPSA) is 47.7 Å². The van der Waals surface area contributed by atoms with E-state index in [0.717, 1.165) is 36.7 Å². The molecule has 5 nitrogen and oxygen atoms in total. The Morgan fingerprint density at radius 1 is 1.10 bits per heavy atom. The van der Waals surface area contributed by atoms with E-state index < -0.39 is 0 Å². The molecular weight excluding hydrogens is 262 g/mol. The molecule has 1 aromatic carbocycles. The molecular formula is C16H19N5. The third-order valence-electron chi connectivity index (χ3n) is 3.35. The molecule has 21 heavy (non-hydrogen) atoms. The summed E-state index contributed by atoms with van der Waals surface area (Å²) in [6.45, 7) is 3.91. The van der Waals surface area contributed by atoms with Crippen molar-refractivity contribution in [2.24, 2.45) is 0 Å². The summed E-state index contributed by atoms with van der Waals surface area (Å²) < 4.78 is 4.03. The average Bonchev–Trinajstić information content (AvgIpc) is 3.18. The third kappa shape index (κ3) is 3.13. The van der Waals surface area contributed by atoms with E-state index in [9.17, 15) is 0 Å². The number of aromatic nitrogens is 4. The van der Waals surface area contributed by atoms with E-state index in [2.05, 4.69) is 39.0 Å². The molecule has 0 saturated heterocycles. The van der Waals surface area contributed by atoms with Crippen LogP contribution in [0, 0.1) is 0 Å². The van der Waals surface area contributed by atoms with Crippen LogP contribution in [-0.4, -0.2) is 19.3 Å². The first kappa shape index (κ1) is 13.4. The minimum atomic E-state index is 0.730. The van der Waals surface area contributed by atoms with Gasteiger partial charge < -0.3 is 9.88 Å². The molecule has 5 heteroatoms. The van der Waals surface area contributed by atoms with Gasteiger partial charge in [-0.2, -0.15) is 5.10 Å². The lowest BCUT2D eigenvalue weighted by Gasteiger charge is -2.09. The Morgan fingerprint density at radius 2 is 1.95 bits per heavy atom. The molecule has 3 rings (SSSR count). The van der Waals surface area contributed by atoms with Crippen molar-refractivity contribution < 1.29 is 0 Å². The number of hydrogen-bond donors (Lipinski definition) is 1. The highest BCUT2D eigenvalue weighted by Gasteiger charge is 2.02. The summed E-state index contributed by atoms with van der Waals surface area (Å²) in [4.78, 5) is 4.39. The maximum atomic E-state index is 4.39. The fraction of sp³-hybridized carbons (Fsp3) is 0.250. The van der Waals surface area contributed by atoms with Gasteiger partial charge in [0.15, 0.2) is 0 Å². The highest BCUT2D eigenvalue weighted by atomic mass is 15.3. The minimum Gasteiger partial charge on any atom is -0.378 e. The van der Waals surface area contributed by atoms with Gasteiger partial charge in [-0.05, 0) is 36.8 Å². The Bertz CT molecular complexity index is 667. The Labute approximate surface area is 124 Å². The number of benzene rings is 1. The summed E-state index contributed by atoms with van der Waals surface area (Å²) in [6.07, 6.45) is 8.71. The van der Waals surface area contributed by atoms with E-state index in [1.807, 2.05) is 41.5 Å². The highest BCUT2D eigenvalue weighted by molar-refractivity contribution is 5.48. The molecule has 0 spiro atoms. The molecule has 0 atom stereocenters. The zero-order chi connectivity index (χ0) is 14.5. The van der Waals surface area contributed by atoms with Gasteiger partial charge in [0, 0.05) is 37.0 Å². The number of rotatable bonds is 6. The first-order valence-electron chi connectivity index (χ1n) is 7.21. The van der Waals surface area contributed by atoms with Crippen LogP contribution in [0.1, 0.15) is 19.2 Å². The van der Waals surface area contributed by atoms with Crippen molar-refractivity contribution in [1.82, 2.24) is 19.3 Å². The third-order valence-corrected chi connectivity index (χ3v) is 3.35. The average molecular weight is 281 g/mol. The van der Waals surface area contributed by atoms with E-state index >= 15 is 0 Å². The summed E-state index contributed by atoms with van der Waals surface area (Å²) in [6, 6.07) is 10.1. The Morgan fingerprint density at radius 3 is 2.67 bits per heavy atom. The number of anilines is 1. The fourth-order valence-corrected chi connectivity index (χ4v) is 2.29. The van der Waals surface area contributed by atoms with Gasteiger partial charge in [0.1, 0.15) is 5.82 Å². The summed E-state index contributed by atoms with van der Waals surface area (Å²) in [7, 11) is 0. The van der Waals surface area contributed by atoms with Crippen molar-refractivity contribution in [2.45, 2.75) is 26.4 Å². The normalized spacial score (nSPS) is 10.7. The zero-order valence-corrected chi connectivity index (χ0v) is 12.1. The van der Waals surface area contributed by atoms with E-state index in [4.69, 9.17) is 0 Å². The monoisotopic (exact) mass is 281 g/mol. The van der Waals surface area contributed by atoms with Crippen LogP contribution in [0.5, 0.6) is 0 Å². The number of nitrogens with one attached hydrogen (secondary N) is 1. The molecule has 108 valence electrons. The molecule has 0 bridgehead atoms. The largest absolute Gasteiger partial charge is 0.378 e. The molecule has 0 aliphatic carbocycles. The number of hydrogen-bond acceptors (Lipinski definition) is 3. The molecule has 1 N–H and O–H groups in total. The first-order valence-corrected chi connectivity index (χ1v) is 7.21. The SMILES string of the molecule is CCCn1ccnc1CNc1ccc(-n2cccn2)cc1. The van der Waals surface area contributed by atoms with Crippen LogP contribution in [0.2, 0.25) is 0 Å². The molecule has 0 radical (unpaired) electrons. The van der Waals surface area contributed by atoms with Gasteiger partial charge in [-0.3, -0.25) is 0 Å². The Hall–Kier alpha value is -2.56. The number of aryl methyl sites for hydroxylation is 1. The molecule has 0 saturated carbocycles. The van der Waals surface area contributed by atoms with Gasteiger partial charge >= 0.3 is 0 Å². The summed E-state index contributed by atoms with van der Waals surface area (Å²) in [5, 5.41) is 7.62. The fourth-order valence-electron chi connectivity index (χ4n) is 2.29. The van der Waals surface area contributed by atoms with Crippen LogP contribution in [0.3, 0.4) is 0 Å². The second kappa shape index (κ2) is 6.26. The predicted octanol–water partition coefficient (Wildman–Crippen LogP) is 3.09. The van der Waals surface area contributed by atoms with Gasteiger partial charge in [0.2, 0.25) is 0 Å². The van der Waals surface area contributed by atoms with E-state index in [0.29, 0.717) is 0 Å². The van der Waals surface area contributed by atoms with Crippen molar-refractivity contribution in [3.63, 3.8) is 0 Å². The Kier molecular flexibility index (Phi) is 4.00. The van der Waals surface area contributed by atoms with Crippen LogP contribution < -0.4 is 5.32 Å². The molecule has 2 aromatic heterocycles. The van der Waals surface area contributed by atoms with Gasteiger partial charge in [0.25, 0.3) is 0 Å². The molecule has 0 aliphatic rings. The maximum Gasteiger partial charge on any atom is 0.128 e. The number of imidazole rings is 1. The van der Waals surface area contributed by atoms with E-state index in [-0.39, 0.29) is 0 Å². The molecule has 0 amide bonds. The van der Waals surface area contributed by atoms with Crippen molar-refractivity contribution in [3.05, 3.63) is 60.9 Å². The van der Waals surface area contributed by atoms with Gasteiger partial charge in [-0.25, -0.2) is 9.67 Å². The second-order valence-electron chi connectivity index (χ2n) is 4.89. The van der Waals surface area contributed by atoms with Gasteiger partial charge in [-0.1, -0.05) is 6.92 Å². The van der Waals surface area contributed by atoms with Crippen LogP contribution in [0.4, 0.5) is 5.69 Å².